The number of hydrogen-bond donors (Lipinski definition) is 2. The summed E-state index contributed by atoms with van der Waals surface area (Å²) in [5, 5.41) is 6.45. The van der Waals surface area contributed by atoms with Crippen molar-refractivity contribution in [2.24, 2.45) is 5.92 Å². The molecule has 3 rings (SSSR count). The van der Waals surface area contributed by atoms with Gasteiger partial charge in [0.15, 0.2) is 0 Å². The van der Waals surface area contributed by atoms with Crippen LogP contribution in [0, 0.1) is 11.7 Å². The molecule has 3 nitrogen and oxygen atoms in total. The Labute approximate surface area is 155 Å². The highest BCUT2D eigenvalue weighted by atomic mass is 19.1. The normalized spacial score (nSPS) is 20.6. The van der Waals surface area contributed by atoms with Gasteiger partial charge in [-0.05, 0) is 60.2 Å². The third kappa shape index (κ3) is 4.31. The standard InChI is InChI=1S/C22H27FN2O/c1-22(2,3)16-8-5-10-18(14-16)25-21(26)19-11-6-12-24-20(19)15-7-4-9-17(23)13-15/h4-5,7-10,13-14,19-20,24H,6,11-12H2,1-3H3,(H,25,26)/t19-,20-/m0/s1. The van der Waals surface area contributed by atoms with Crippen LogP contribution in [-0.2, 0) is 10.2 Å². The molecule has 26 heavy (non-hydrogen) atoms. The lowest BCUT2D eigenvalue weighted by Gasteiger charge is -2.32. The summed E-state index contributed by atoms with van der Waals surface area (Å²) in [4.78, 5) is 13.0. The minimum absolute atomic E-state index is 0.0162. The molecule has 2 atom stereocenters. The Morgan fingerprint density at radius 1 is 1.15 bits per heavy atom. The number of halogens is 1. The zero-order chi connectivity index (χ0) is 18.7. The number of anilines is 1. The monoisotopic (exact) mass is 354 g/mol. The van der Waals surface area contributed by atoms with Crippen LogP contribution in [0.5, 0.6) is 0 Å². The number of carbonyl (C=O) groups is 1. The van der Waals surface area contributed by atoms with Crippen LogP contribution in [0.2, 0.25) is 0 Å². The molecule has 1 amide bonds. The van der Waals surface area contributed by atoms with Crippen molar-refractivity contribution < 1.29 is 9.18 Å². The van der Waals surface area contributed by atoms with Gasteiger partial charge in [0.25, 0.3) is 0 Å². The zero-order valence-electron chi connectivity index (χ0n) is 15.7. The van der Waals surface area contributed by atoms with Crippen molar-refractivity contribution in [3.05, 3.63) is 65.5 Å². The average molecular weight is 354 g/mol. The van der Waals surface area contributed by atoms with Gasteiger partial charge in [-0.3, -0.25) is 4.79 Å². The van der Waals surface area contributed by atoms with Crippen LogP contribution in [0.3, 0.4) is 0 Å². The predicted molar refractivity (Wildman–Crippen MR) is 104 cm³/mol. The number of carbonyl (C=O) groups excluding carboxylic acids is 1. The Kier molecular flexibility index (Phi) is 5.42. The minimum atomic E-state index is -0.271. The Morgan fingerprint density at radius 2 is 1.92 bits per heavy atom. The molecule has 0 bridgehead atoms. The molecule has 0 aromatic heterocycles. The second-order valence-corrected chi connectivity index (χ2v) is 8.06. The van der Waals surface area contributed by atoms with Gasteiger partial charge in [-0.25, -0.2) is 4.39 Å². The number of rotatable bonds is 3. The molecule has 0 unspecified atom stereocenters. The summed E-state index contributed by atoms with van der Waals surface area (Å²) < 4.78 is 13.6. The fourth-order valence-corrected chi connectivity index (χ4v) is 3.52. The maximum atomic E-state index is 13.6. The smallest absolute Gasteiger partial charge is 0.229 e. The van der Waals surface area contributed by atoms with Crippen molar-refractivity contribution in [1.29, 1.82) is 0 Å². The summed E-state index contributed by atoms with van der Waals surface area (Å²) in [5.41, 5.74) is 2.84. The second-order valence-electron chi connectivity index (χ2n) is 8.06. The third-order valence-corrected chi connectivity index (χ3v) is 5.00. The van der Waals surface area contributed by atoms with Gasteiger partial charge in [-0.15, -0.1) is 0 Å². The largest absolute Gasteiger partial charge is 0.326 e. The van der Waals surface area contributed by atoms with Crippen molar-refractivity contribution >= 4 is 11.6 Å². The van der Waals surface area contributed by atoms with E-state index in [4.69, 9.17) is 0 Å². The van der Waals surface area contributed by atoms with Crippen LogP contribution in [0.1, 0.15) is 50.8 Å². The van der Waals surface area contributed by atoms with E-state index >= 15 is 0 Å². The van der Waals surface area contributed by atoms with Gasteiger partial charge in [0.2, 0.25) is 5.91 Å². The van der Waals surface area contributed by atoms with E-state index in [1.807, 2.05) is 24.3 Å². The van der Waals surface area contributed by atoms with Gasteiger partial charge in [0.1, 0.15) is 5.82 Å². The van der Waals surface area contributed by atoms with Gasteiger partial charge in [0, 0.05) is 11.7 Å². The third-order valence-electron chi connectivity index (χ3n) is 5.00. The molecular weight excluding hydrogens is 327 g/mol. The molecule has 0 spiro atoms. The van der Waals surface area contributed by atoms with Crippen molar-refractivity contribution in [2.45, 2.75) is 45.1 Å². The molecule has 4 heteroatoms. The number of benzene rings is 2. The molecule has 2 N–H and O–H groups in total. The molecule has 1 aliphatic rings. The van der Waals surface area contributed by atoms with Crippen LogP contribution in [0.15, 0.2) is 48.5 Å². The predicted octanol–water partition coefficient (Wildman–Crippen LogP) is 4.80. The van der Waals surface area contributed by atoms with E-state index in [0.29, 0.717) is 0 Å². The van der Waals surface area contributed by atoms with Gasteiger partial charge >= 0.3 is 0 Å². The van der Waals surface area contributed by atoms with E-state index in [0.717, 1.165) is 30.6 Å². The highest BCUT2D eigenvalue weighted by Gasteiger charge is 2.32. The van der Waals surface area contributed by atoms with E-state index in [1.54, 1.807) is 6.07 Å². The fraction of sp³-hybridized carbons (Fsp3) is 0.409. The first-order chi connectivity index (χ1) is 12.3. The van der Waals surface area contributed by atoms with E-state index < -0.39 is 0 Å². The van der Waals surface area contributed by atoms with Crippen molar-refractivity contribution in [1.82, 2.24) is 5.32 Å². The lowest BCUT2D eigenvalue weighted by atomic mass is 9.85. The average Bonchev–Trinajstić information content (AvgIpc) is 2.61. The quantitative estimate of drug-likeness (QED) is 0.831. The van der Waals surface area contributed by atoms with Crippen LogP contribution >= 0.6 is 0 Å². The topological polar surface area (TPSA) is 41.1 Å². The van der Waals surface area contributed by atoms with Gasteiger partial charge in [-0.2, -0.15) is 0 Å². The van der Waals surface area contributed by atoms with Crippen LogP contribution < -0.4 is 10.6 Å². The zero-order valence-corrected chi connectivity index (χ0v) is 15.7. The highest BCUT2D eigenvalue weighted by molar-refractivity contribution is 5.93. The van der Waals surface area contributed by atoms with Crippen molar-refractivity contribution in [3.8, 4) is 0 Å². The summed E-state index contributed by atoms with van der Waals surface area (Å²) in [6.45, 7) is 7.29. The van der Waals surface area contributed by atoms with Gasteiger partial charge < -0.3 is 10.6 Å². The molecule has 138 valence electrons. The lowest BCUT2D eigenvalue weighted by molar-refractivity contribution is -0.121. The van der Waals surface area contributed by atoms with Crippen LogP contribution in [0.25, 0.3) is 0 Å². The second kappa shape index (κ2) is 7.58. The molecule has 1 fully saturated rings. The van der Waals surface area contributed by atoms with Crippen molar-refractivity contribution in [2.75, 3.05) is 11.9 Å². The summed E-state index contributed by atoms with van der Waals surface area (Å²) in [6.07, 6.45) is 1.73. The Morgan fingerprint density at radius 3 is 2.65 bits per heavy atom. The van der Waals surface area contributed by atoms with E-state index in [2.05, 4.69) is 37.5 Å². The van der Waals surface area contributed by atoms with E-state index in [9.17, 15) is 9.18 Å². The Hall–Kier alpha value is -2.20. The number of hydrogen-bond acceptors (Lipinski definition) is 2. The van der Waals surface area contributed by atoms with E-state index in [-0.39, 0.29) is 29.1 Å². The first-order valence-electron chi connectivity index (χ1n) is 9.25. The molecule has 1 saturated heterocycles. The molecule has 2 aromatic carbocycles. The summed E-state index contributed by atoms with van der Waals surface area (Å²) in [7, 11) is 0. The highest BCUT2D eigenvalue weighted by Crippen LogP contribution is 2.31. The Bertz CT molecular complexity index is 782. The number of nitrogens with one attached hydrogen (secondary N) is 2. The summed E-state index contributed by atoms with van der Waals surface area (Å²) in [6, 6.07) is 14.4. The van der Waals surface area contributed by atoms with Gasteiger partial charge in [0.05, 0.1) is 5.92 Å². The summed E-state index contributed by atoms with van der Waals surface area (Å²) in [5.74, 6) is -0.506. The van der Waals surface area contributed by atoms with E-state index in [1.165, 1.54) is 17.7 Å². The van der Waals surface area contributed by atoms with Crippen LogP contribution in [0.4, 0.5) is 10.1 Å². The van der Waals surface area contributed by atoms with Gasteiger partial charge in [-0.1, -0.05) is 45.0 Å². The first kappa shape index (κ1) is 18.6. The van der Waals surface area contributed by atoms with Crippen LogP contribution in [-0.4, -0.2) is 12.5 Å². The molecule has 2 aromatic rings. The number of piperidine rings is 1. The molecule has 0 radical (unpaired) electrons. The maximum Gasteiger partial charge on any atom is 0.229 e. The maximum absolute atomic E-state index is 13.6. The first-order valence-corrected chi connectivity index (χ1v) is 9.25. The summed E-state index contributed by atoms with van der Waals surface area (Å²) >= 11 is 0. The molecule has 1 aliphatic heterocycles. The molecule has 0 aliphatic carbocycles. The molecule has 1 heterocycles. The lowest BCUT2D eigenvalue weighted by Crippen LogP contribution is -2.40. The number of amides is 1. The molecular formula is C22H27FN2O. The minimum Gasteiger partial charge on any atom is -0.326 e. The molecule has 0 saturated carbocycles. The fourth-order valence-electron chi connectivity index (χ4n) is 3.52. The SMILES string of the molecule is CC(C)(C)c1cccc(NC(=O)[C@H]2CCCN[C@H]2c2cccc(F)c2)c1. The van der Waals surface area contributed by atoms with Crippen molar-refractivity contribution in [3.63, 3.8) is 0 Å². The Balaban J connectivity index is 1.79.